The van der Waals surface area contributed by atoms with E-state index in [-0.39, 0.29) is 0 Å². The molecular formula is C18H19F3NO3S+. The van der Waals surface area contributed by atoms with E-state index < -0.39 is 15.6 Å². The predicted molar refractivity (Wildman–Crippen MR) is 96.0 cm³/mol. The van der Waals surface area contributed by atoms with Gasteiger partial charge in [0.1, 0.15) is 6.54 Å². The molecule has 0 amide bonds. The van der Waals surface area contributed by atoms with E-state index in [4.69, 9.17) is 13.0 Å². The zero-order valence-electron chi connectivity index (χ0n) is 14.0. The van der Waals surface area contributed by atoms with Crippen LogP contribution in [0.25, 0.3) is 6.08 Å². The Kier molecular flexibility index (Phi) is 8.21. The molecule has 4 nitrogen and oxygen atoms in total. The van der Waals surface area contributed by atoms with E-state index in [1.165, 1.54) is 11.3 Å². The van der Waals surface area contributed by atoms with Gasteiger partial charge in [0.25, 0.3) is 0 Å². The lowest BCUT2D eigenvalue weighted by Crippen LogP contribution is -2.21. The van der Waals surface area contributed by atoms with Gasteiger partial charge in [-0.05, 0) is 18.6 Å². The molecule has 8 heteroatoms. The van der Waals surface area contributed by atoms with E-state index in [0.717, 1.165) is 6.54 Å². The first-order chi connectivity index (χ1) is 12.1. The summed E-state index contributed by atoms with van der Waals surface area (Å²) in [6.45, 7) is 3.11. The van der Waals surface area contributed by atoms with E-state index in [0.29, 0.717) is 0 Å². The maximum atomic E-state index is 10.7. The number of para-hydroxylation sites is 1. The minimum atomic E-state index is -5.84. The molecule has 0 aliphatic rings. The molecule has 0 radical (unpaired) electrons. The Balaban J connectivity index is 0.000000359. The summed E-state index contributed by atoms with van der Waals surface area (Å²) in [6.07, 6.45) is 6.32. The van der Waals surface area contributed by atoms with Crippen LogP contribution in [0.5, 0.6) is 0 Å². The fraction of sp³-hybridized carbons (Fsp3) is 0.167. The van der Waals surface area contributed by atoms with E-state index in [2.05, 4.69) is 78.4 Å². The first kappa shape index (κ1) is 21.6. The smallest absolute Gasteiger partial charge is 0.279 e. The average Bonchev–Trinajstić information content (AvgIpc) is 2.59. The average molecular weight is 386 g/mol. The van der Waals surface area contributed by atoms with Crippen LogP contribution >= 0.6 is 0 Å². The van der Waals surface area contributed by atoms with Gasteiger partial charge in [0, 0.05) is 18.2 Å². The molecule has 0 saturated heterocycles. The third-order valence-electron chi connectivity index (χ3n) is 3.08. The van der Waals surface area contributed by atoms with E-state index in [1.807, 2.05) is 12.1 Å². The molecule has 0 spiro atoms. The third-order valence-corrected chi connectivity index (χ3v) is 3.66. The molecule has 2 aromatic rings. The second kappa shape index (κ2) is 9.88. The number of allylic oxidation sites excluding steroid dienone is 1. The van der Waals surface area contributed by atoms with Crippen LogP contribution in [0.1, 0.15) is 12.5 Å². The van der Waals surface area contributed by atoms with Crippen LogP contribution in [0, 0.1) is 0 Å². The number of hydrogen-bond acceptors (Lipinski definition) is 2. The molecule has 1 N–H and O–H groups in total. The SMILES string of the molecule is CC[N+](=CC=Cc1ccccc1)c1ccccc1.O=S(=O)(O)C(F)(F)F. The largest absolute Gasteiger partial charge is 0.522 e. The Bertz CT molecular complexity index is 831. The summed E-state index contributed by atoms with van der Waals surface area (Å²) in [7, 11) is -5.84. The molecule has 0 aromatic heterocycles. The van der Waals surface area contributed by atoms with Crippen molar-refractivity contribution in [2.75, 3.05) is 6.54 Å². The van der Waals surface area contributed by atoms with Crippen molar-refractivity contribution < 1.29 is 30.7 Å². The van der Waals surface area contributed by atoms with Gasteiger partial charge >= 0.3 is 15.6 Å². The van der Waals surface area contributed by atoms with Gasteiger partial charge in [-0.2, -0.15) is 26.2 Å². The van der Waals surface area contributed by atoms with Crippen LogP contribution in [0.3, 0.4) is 0 Å². The molecule has 0 aliphatic carbocycles. The van der Waals surface area contributed by atoms with Gasteiger partial charge in [0.2, 0.25) is 5.69 Å². The number of halogens is 3. The summed E-state index contributed by atoms with van der Waals surface area (Å²) in [5.41, 5.74) is -3.09. The molecule has 0 bridgehead atoms. The fourth-order valence-electron chi connectivity index (χ4n) is 1.82. The Morgan fingerprint density at radius 2 is 1.46 bits per heavy atom. The van der Waals surface area contributed by atoms with Gasteiger partial charge in [-0.15, -0.1) is 0 Å². The molecule has 0 heterocycles. The molecule has 2 aromatic carbocycles. The number of rotatable bonds is 4. The highest BCUT2D eigenvalue weighted by atomic mass is 32.2. The monoisotopic (exact) mass is 386 g/mol. The summed E-state index contributed by atoms with van der Waals surface area (Å²) in [6, 6.07) is 20.7. The molecule has 26 heavy (non-hydrogen) atoms. The third kappa shape index (κ3) is 7.62. The molecule has 140 valence electrons. The summed E-state index contributed by atoms with van der Waals surface area (Å²) in [5, 5.41) is 0. The highest BCUT2D eigenvalue weighted by Crippen LogP contribution is 2.20. The number of alkyl halides is 3. The summed E-state index contributed by atoms with van der Waals surface area (Å²) >= 11 is 0. The molecule has 0 unspecified atom stereocenters. The summed E-state index contributed by atoms with van der Waals surface area (Å²) in [4.78, 5) is 0. The van der Waals surface area contributed by atoms with Gasteiger partial charge in [-0.1, -0.05) is 48.5 Å². The van der Waals surface area contributed by atoms with Gasteiger partial charge in [-0.3, -0.25) is 4.55 Å². The number of benzene rings is 2. The predicted octanol–water partition coefficient (Wildman–Crippen LogP) is 4.53. The molecule has 0 fully saturated rings. The number of hydrogen-bond donors (Lipinski definition) is 1. The molecule has 2 rings (SSSR count). The molecular weight excluding hydrogens is 367 g/mol. The van der Waals surface area contributed by atoms with Gasteiger partial charge in [0.05, 0.1) is 0 Å². The lowest BCUT2D eigenvalue weighted by Gasteiger charge is -1.97. The quantitative estimate of drug-likeness (QED) is 0.364. The lowest BCUT2D eigenvalue weighted by molar-refractivity contribution is -0.430. The van der Waals surface area contributed by atoms with Crippen LogP contribution in [0.2, 0.25) is 0 Å². The Morgan fingerprint density at radius 3 is 1.88 bits per heavy atom. The van der Waals surface area contributed by atoms with Crippen molar-refractivity contribution in [2.45, 2.75) is 12.4 Å². The van der Waals surface area contributed by atoms with Gasteiger partial charge < -0.3 is 0 Å². The second-order valence-electron chi connectivity index (χ2n) is 4.96. The van der Waals surface area contributed by atoms with Crippen molar-refractivity contribution >= 4 is 28.1 Å². The fourth-order valence-corrected chi connectivity index (χ4v) is 1.82. The van der Waals surface area contributed by atoms with Crippen molar-refractivity contribution in [3.05, 3.63) is 72.3 Å². The van der Waals surface area contributed by atoms with Crippen LogP contribution in [-0.4, -0.2) is 35.8 Å². The maximum Gasteiger partial charge on any atom is 0.522 e. The lowest BCUT2D eigenvalue weighted by atomic mass is 10.2. The molecule has 0 aliphatic heterocycles. The first-order valence-electron chi connectivity index (χ1n) is 7.57. The van der Waals surface area contributed by atoms with Crippen molar-refractivity contribution in [1.29, 1.82) is 0 Å². The topological polar surface area (TPSA) is 57.4 Å². The maximum absolute atomic E-state index is 10.7. The summed E-state index contributed by atoms with van der Waals surface area (Å²) < 4.78 is 59.8. The van der Waals surface area contributed by atoms with Crippen molar-refractivity contribution in [3.8, 4) is 0 Å². The van der Waals surface area contributed by atoms with Crippen molar-refractivity contribution in [3.63, 3.8) is 0 Å². The van der Waals surface area contributed by atoms with E-state index >= 15 is 0 Å². The standard InChI is InChI=1S/C17H18N.CHF3O3S/c1-2-18(17-13-7-4-8-14-17)15-9-12-16-10-5-3-6-11-16;2-1(3,4)8(5,6)7/h3-15H,2H2,1H3;(H,5,6,7)/q+1;. The minimum Gasteiger partial charge on any atom is -0.279 e. The van der Waals surface area contributed by atoms with Crippen molar-refractivity contribution in [1.82, 2.24) is 0 Å². The molecule has 0 atom stereocenters. The zero-order valence-corrected chi connectivity index (χ0v) is 14.8. The van der Waals surface area contributed by atoms with Crippen LogP contribution in [0.15, 0.2) is 66.7 Å². The van der Waals surface area contributed by atoms with E-state index in [9.17, 15) is 13.2 Å². The van der Waals surface area contributed by atoms with Crippen LogP contribution < -0.4 is 0 Å². The highest BCUT2D eigenvalue weighted by Gasteiger charge is 2.44. The minimum absolute atomic E-state index is 0.961. The zero-order chi connectivity index (χ0) is 19.6. The van der Waals surface area contributed by atoms with Gasteiger partial charge in [0.15, 0.2) is 6.21 Å². The molecule has 0 saturated carbocycles. The van der Waals surface area contributed by atoms with Gasteiger partial charge in [-0.25, -0.2) is 0 Å². The Morgan fingerprint density at radius 1 is 1.00 bits per heavy atom. The summed E-state index contributed by atoms with van der Waals surface area (Å²) in [5.74, 6) is 0. The van der Waals surface area contributed by atoms with Crippen LogP contribution in [-0.2, 0) is 10.1 Å². The second-order valence-corrected chi connectivity index (χ2v) is 6.37. The Hall–Kier alpha value is -2.45. The first-order valence-corrected chi connectivity index (χ1v) is 9.01. The highest BCUT2D eigenvalue weighted by molar-refractivity contribution is 7.86. The Labute approximate surface area is 150 Å². The number of nitrogens with zero attached hydrogens (tertiary/aromatic N) is 1. The van der Waals surface area contributed by atoms with E-state index in [1.54, 1.807) is 0 Å². The van der Waals surface area contributed by atoms with Crippen LogP contribution in [0.4, 0.5) is 18.9 Å². The normalized spacial score (nSPS) is 12.6. The van der Waals surface area contributed by atoms with Crippen molar-refractivity contribution in [2.24, 2.45) is 0 Å².